The molecule has 3 heterocycles. The van der Waals surface area contributed by atoms with Crippen molar-refractivity contribution in [3.05, 3.63) is 77.0 Å². The Hall–Kier alpha value is -4.52. The van der Waals surface area contributed by atoms with Crippen molar-refractivity contribution in [2.24, 2.45) is 5.92 Å². The summed E-state index contributed by atoms with van der Waals surface area (Å²) in [5.41, 5.74) is -2.00. The normalized spacial score (nSPS) is 19.9. The summed E-state index contributed by atoms with van der Waals surface area (Å²) in [7, 11) is 2.84. The smallest absolute Gasteiger partial charge is 0.407 e. The van der Waals surface area contributed by atoms with Gasteiger partial charge in [-0.1, -0.05) is 6.92 Å². The number of alkyl carbamates (subject to hydrolysis) is 1. The molecule has 0 spiro atoms. The Labute approximate surface area is 259 Å². The summed E-state index contributed by atoms with van der Waals surface area (Å²) in [4.78, 5) is 47.2. The predicted molar refractivity (Wildman–Crippen MR) is 160 cm³/mol. The highest BCUT2D eigenvalue weighted by molar-refractivity contribution is 6.03. The highest BCUT2D eigenvalue weighted by Gasteiger charge is 2.37. The summed E-state index contributed by atoms with van der Waals surface area (Å²) in [5, 5.41) is 5.61. The number of anilines is 1. The molecule has 240 valence electrons. The maximum Gasteiger partial charge on any atom is 0.407 e. The first-order valence-electron chi connectivity index (χ1n) is 14.3. The van der Waals surface area contributed by atoms with Crippen molar-refractivity contribution >= 4 is 23.6 Å². The van der Waals surface area contributed by atoms with E-state index in [1.54, 1.807) is 26.8 Å². The van der Waals surface area contributed by atoms with Crippen molar-refractivity contribution in [2.75, 3.05) is 19.4 Å². The van der Waals surface area contributed by atoms with Gasteiger partial charge in [0.25, 0.3) is 11.8 Å². The minimum absolute atomic E-state index is 0.0497. The Bertz CT molecular complexity index is 1590. The van der Waals surface area contributed by atoms with E-state index in [0.717, 1.165) is 29.2 Å². The number of carbonyl (C=O) groups excluding carboxylic acids is 3. The van der Waals surface area contributed by atoms with E-state index in [1.165, 1.54) is 26.5 Å². The van der Waals surface area contributed by atoms with Crippen LogP contribution in [0, 0.1) is 23.4 Å². The summed E-state index contributed by atoms with van der Waals surface area (Å²) in [6, 6.07) is 4.88. The van der Waals surface area contributed by atoms with Crippen molar-refractivity contribution in [3.8, 4) is 11.3 Å². The number of ether oxygens (including phenoxy) is 2. The van der Waals surface area contributed by atoms with Crippen molar-refractivity contribution < 1.29 is 37.0 Å². The number of carbonyl (C=O) groups is 3. The molecule has 1 aromatic carbocycles. The standard InChI is InChI=1S/C32H36F3N5O5/c1-16-17(2)44-26(14-24(16)39-31(43)45-32(3,4)5)19-10-11-36-15-25(19)38-29(41)23-9-8-20(33)28(37-23)27-21(34)12-18(13-22(27)35)30(42)40(6)7/h8-13,15-17,24,26H,14H2,1-7H3,(H,38,41)(H,39,43). The number of halogens is 3. The van der Waals surface area contributed by atoms with Gasteiger partial charge in [-0.15, -0.1) is 0 Å². The lowest BCUT2D eigenvalue weighted by molar-refractivity contribution is -0.0851. The number of nitrogens with zero attached hydrogens (tertiary/aromatic N) is 3. The largest absolute Gasteiger partial charge is 0.444 e. The van der Waals surface area contributed by atoms with E-state index in [0.29, 0.717) is 12.0 Å². The van der Waals surface area contributed by atoms with Gasteiger partial charge in [0.1, 0.15) is 34.4 Å². The summed E-state index contributed by atoms with van der Waals surface area (Å²) >= 11 is 0. The Morgan fingerprint density at radius 1 is 1.02 bits per heavy atom. The lowest BCUT2D eigenvalue weighted by Crippen LogP contribution is -2.49. The Morgan fingerprint density at radius 3 is 2.31 bits per heavy atom. The molecule has 0 aliphatic carbocycles. The fraction of sp³-hybridized carbons (Fsp3) is 0.406. The van der Waals surface area contributed by atoms with Gasteiger partial charge in [0, 0.05) is 43.4 Å². The van der Waals surface area contributed by atoms with Crippen molar-refractivity contribution in [2.45, 2.75) is 64.9 Å². The molecule has 0 saturated carbocycles. The zero-order valence-electron chi connectivity index (χ0n) is 26.1. The van der Waals surface area contributed by atoms with E-state index in [-0.39, 0.29) is 35.0 Å². The third kappa shape index (κ3) is 7.77. The monoisotopic (exact) mass is 627 g/mol. The number of amides is 3. The van der Waals surface area contributed by atoms with E-state index in [9.17, 15) is 18.8 Å². The molecular weight excluding hydrogens is 591 g/mol. The van der Waals surface area contributed by atoms with E-state index >= 15 is 8.78 Å². The lowest BCUT2D eigenvalue weighted by atomic mass is 9.86. The Morgan fingerprint density at radius 2 is 1.69 bits per heavy atom. The fourth-order valence-electron chi connectivity index (χ4n) is 4.96. The van der Waals surface area contributed by atoms with Crippen molar-refractivity contribution in [1.29, 1.82) is 0 Å². The molecule has 3 amide bonds. The molecule has 0 radical (unpaired) electrons. The van der Waals surface area contributed by atoms with Crippen molar-refractivity contribution in [3.63, 3.8) is 0 Å². The molecule has 4 unspecified atom stereocenters. The van der Waals surface area contributed by atoms with Crippen LogP contribution in [-0.2, 0) is 9.47 Å². The summed E-state index contributed by atoms with van der Waals surface area (Å²) in [6.45, 7) is 9.15. The number of aromatic nitrogens is 2. The first-order chi connectivity index (χ1) is 21.1. The lowest BCUT2D eigenvalue weighted by Gasteiger charge is -2.40. The highest BCUT2D eigenvalue weighted by atomic mass is 19.1. The second-order valence-electron chi connectivity index (χ2n) is 12.1. The van der Waals surface area contributed by atoms with E-state index in [1.807, 2.05) is 13.8 Å². The molecule has 45 heavy (non-hydrogen) atoms. The predicted octanol–water partition coefficient (Wildman–Crippen LogP) is 5.89. The maximum atomic E-state index is 15.0. The molecular formula is C32H36F3N5O5. The molecule has 1 saturated heterocycles. The van der Waals surface area contributed by atoms with Gasteiger partial charge in [-0.05, 0) is 64.4 Å². The van der Waals surface area contributed by atoms with Crippen LogP contribution in [0.1, 0.15) is 73.6 Å². The number of rotatable bonds is 6. The second kappa shape index (κ2) is 13.2. The average molecular weight is 628 g/mol. The van der Waals surface area contributed by atoms with Gasteiger partial charge in [0.15, 0.2) is 0 Å². The minimum atomic E-state index is -1.22. The van der Waals surface area contributed by atoms with Crippen LogP contribution in [0.2, 0.25) is 0 Å². The Kier molecular flexibility index (Phi) is 9.81. The number of benzene rings is 1. The molecule has 4 atom stereocenters. The molecule has 0 bridgehead atoms. The molecule has 2 aromatic heterocycles. The van der Waals surface area contributed by atoms with Crippen LogP contribution in [0.4, 0.5) is 23.7 Å². The van der Waals surface area contributed by atoms with Gasteiger partial charge < -0.3 is 25.0 Å². The van der Waals surface area contributed by atoms with Crippen LogP contribution in [-0.4, -0.2) is 64.6 Å². The fourth-order valence-corrected chi connectivity index (χ4v) is 4.96. The Balaban J connectivity index is 1.59. The molecule has 1 fully saturated rings. The zero-order chi connectivity index (χ0) is 33.2. The molecule has 1 aliphatic heterocycles. The molecule has 2 N–H and O–H groups in total. The third-order valence-electron chi connectivity index (χ3n) is 7.38. The van der Waals surface area contributed by atoms with Crippen molar-refractivity contribution in [1.82, 2.24) is 20.2 Å². The number of hydrogen-bond acceptors (Lipinski definition) is 7. The molecule has 1 aliphatic rings. The van der Waals surface area contributed by atoms with Gasteiger partial charge in [-0.3, -0.25) is 14.6 Å². The molecule has 4 rings (SSSR count). The highest BCUT2D eigenvalue weighted by Crippen LogP contribution is 2.38. The van der Waals surface area contributed by atoms with Crippen LogP contribution in [0.3, 0.4) is 0 Å². The van der Waals surface area contributed by atoms with Crippen LogP contribution in [0.5, 0.6) is 0 Å². The summed E-state index contributed by atoms with van der Waals surface area (Å²) < 4.78 is 56.5. The van der Waals surface area contributed by atoms with E-state index < -0.39 is 58.3 Å². The second-order valence-corrected chi connectivity index (χ2v) is 12.1. The van der Waals surface area contributed by atoms with Crippen LogP contribution < -0.4 is 10.6 Å². The van der Waals surface area contributed by atoms with Crippen LogP contribution in [0.25, 0.3) is 11.3 Å². The van der Waals surface area contributed by atoms with Crippen LogP contribution in [0.15, 0.2) is 42.7 Å². The van der Waals surface area contributed by atoms with E-state index in [4.69, 9.17) is 9.47 Å². The number of nitrogens with one attached hydrogen (secondary N) is 2. The SMILES string of the molecule is CC1OC(c2ccncc2NC(=O)c2ccc(F)c(-c3c(F)cc(C(=O)N(C)C)cc3F)n2)CC(NC(=O)OC(C)(C)C)C1C. The quantitative estimate of drug-likeness (QED) is 0.349. The molecule has 10 nitrogen and oxygen atoms in total. The minimum Gasteiger partial charge on any atom is -0.444 e. The number of hydrogen-bond donors (Lipinski definition) is 2. The zero-order valence-corrected chi connectivity index (χ0v) is 26.1. The first-order valence-corrected chi connectivity index (χ1v) is 14.3. The van der Waals surface area contributed by atoms with Gasteiger partial charge in [-0.25, -0.2) is 22.9 Å². The molecule has 13 heteroatoms. The first kappa shape index (κ1) is 33.4. The van der Waals surface area contributed by atoms with Gasteiger partial charge in [-0.2, -0.15) is 0 Å². The third-order valence-corrected chi connectivity index (χ3v) is 7.38. The van der Waals surface area contributed by atoms with Gasteiger partial charge >= 0.3 is 6.09 Å². The summed E-state index contributed by atoms with van der Waals surface area (Å²) in [6.07, 6.45) is 1.91. The van der Waals surface area contributed by atoms with Gasteiger partial charge in [0.05, 0.1) is 29.7 Å². The van der Waals surface area contributed by atoms with Crippen LogP contribution >= 0.6 is 0 Å². The van der Waals surface area contributed by atoms with Gasteiger partial charge in [0.2, 0.25) is 0 Å². The molecule has 3 aromatic rings. The maximum absolute atomic E-state index is 15.0. The summed E-state index contributed by atoms with van der Waals surface area (Å²) in [5.74, 6) is -5.00. The van der Waals surface area contributed by atoms with E-state index in [2.05, 4.69) is 20.6 Å². The average Bonchev–Trinajstić information content (AvgIpc) is 2.94. The number of pyridine rings is 2. The topological polar surface area (TPSA) is 123 Å².